The number of hydrogen-bond donors (Lipinski definition) is 6. The van der Waals surface area contributed by atoms with Gasteiger partial charge in [0.1, 0.15) is 18.3 Å². The number of likely N-dealkylation sites (tertiary alicyclic amines) is 1. The number of aliphatic hydroxyl groups excluding tert-OH is 5. The second-order valence-electron chi connectivity index (χ2n) is 14.2. The molecule has 3 fully saturated rings. The zero-order chi connectivity index (χ0) is 36.7. The first-order valence-electron chi connectivity index (χ1n) is 17.1. The zero-order valence-electron chi connectivity index (χ0n) is 28.7. The van der Waals surface area contributed by atoms with E-state index >= 15 is 4.11 Å². The number of nitrogens with zero attached hydrogens (tertiary/aromatic N) is 2. The molecular weight excluding hydrogens is 677 g/mol. The molecule has 0 radical (unpaired) electrons. The molecule has 1 aromatic rings. The number of carbonyl (C=O) groups excluding carboxylic acids is 4. The Kier molecular flexibility index (Phi) is 11.4. The lowest BCUT2D eigenvalue weighted by Crippen LogP contribution is -2.60. The average Bonchev–Trinajstić information content (AvgIpc) is 3.73. The highest BCUT2D eigenvalue weighted by atomic mass is 28.4. The van der Waals surface area contributed by atoms with Crippen LogP contribution in [0.1, 0.15) is 51.0 Å². The predicted molar refractivity (Wildman–Crippen MR) is 177 cm³/mol. The summed E-state index contributed by atoms with van der Waals surface area (Å²) in [7, 11) is -2.35. The SMILES string of the molecule is COC(=O)CCCCN1C(=O)[C@@]2(O[C@@H](CC(=O)N3CCC[C@H]3CO)[C@H]([Si](C)(C)F)[C@H]2C)c2cc(NC(=O)[C@H]3O[C@@H](O)[C@H](O)[C@@H](O)[C@@H]3O)ccc21. The third-order valence-electron chi connectivity index (χ3n) is 10.6. The van der Waals surface area contributed by atoms with E-state index in [1.807, 2.05) is 0 Å². The molecule has 0 saturated carbocycles. The van der Waals surface area contributed by atoms with Gasteiger partial charge >= 0.3 is 5.97 Å². The van der Waals surface area contributed by atoms with Crippen molar-refractivity contribution in [1.82, 2.24) is 4.90 Å². The molecule has 5 rings (SSSR count). The molecule has 0 aromatic heterocycles. The van der Waals surface area contributed by atoms with Crippen molar-refractivity contribution in [3.8, 4) is 0 Å². The third-order valence-corrected chi connectivity index (χ3v) is 13.1. The molecule has 10 atom stereocenters. The van der Waals surface area contributed by atoms with E-state index in [2.05, 4.69) is 5.32 Å². The quantitative estimate of drug-likeness (QED) is 0.0785. The van der Waals surface area contributed by atoms with Crippen LogP contribution in [0.2, 0.25) is 18.6 Å². The largest absolute Gasteiger partial charge is 0.469 e. The molecule has 1 aromatic carbocycles. The molecule has 6 N–H and O–H groups in total. The van der Waals surface area contributed by atoms with Gasteiger partial charge in [0, 0.05) is 42.2 Å². The van der Waals surface area contributed by atoms with Gasteiger partial charge in [-0.15, -0.1) is 0 Å². The van der Waals surface area contributed by atoms with Gasteiger partial charge in [-0.3, -0.25) is 19.2 Å². The van der Waals surface area contributed by atoms with Crippen LogP contribution in [-0.4, -0.2) is 132 Å². The second kappa shape index (κ2) is 14.9. The monoisotopic (exact) mass is 725 g/mol. The van der Waals surface area contributed by atoms with E-state index in [1.165, 1.54) is 37.2 Å². The molecule has 0 unspecified atom stereocenters. The van der Waals surface area contributed by atoms with Crippen LogP contribution >= 0.6 is 0 Å². The Bertz CT molecular complexity index is 1460. The summed E-state index contributed by atoms with van der Waals surface area (Å²) in [5.41, 5.74) is -1.65. The summed E-state index contributed by atoms with van der Waals surface area (Å²) < 4.78 is 32.8. The number of fused-ring (bicyclic) bond motifs is 2. The fourth-order valence-corrected chi connectivity index (χ4v) is 10.6. The van der Waals surface area contributed by atoms with Crippen LogP contribution in [-0.2, 0) is 39.0 Å². The van der Waals surface area contributed by atoms with E-state index in [1.54, 1.807) is 17.9 Å². The van der Waals surface area contributed by atoms with Crippen LogP contribution in [0.15, 0.2) is 18.2 Å². The molecule has 15 nitrogen and oxygen atoms in total. The number of rotatable bonds is 11. The van der Waals surface area contributed by atoms with Gasteiger partial charge < -0.3 is 59.0 Å². The molecule has 0 bridgehead atoms. The molecule has 4 heterocycles. The van der Waals surface area contributed by atoms with Gasteiger partial charge in [-0.25, -0.2) is 0 Å². The molecule has 17 heteroatoms. The van der Waals surface area contributed by atoms with Gasteiger partial charge in [-0.05, 0) is 57.0 Å². The van der Waals surface area contributed by atoms with Gasteiger partial charge in [0.2, 0.25) is 14.3 Å². The van der Waals surface area contributed by atoms with Crippen molar-refractivity contribution in [2.24, 2.45) is 5.92 Å². The first kappa shape index (κ1) is 38.2. The first-order valence-corrected chi connectivity index (χ1v) is 20.0. The highest BCUT2D eigenvalue weighted by Crippen LogP contribution is 2.60. The summed E-state index contributed by atoms with van der Waals surface area (Å²) in [6.07, 6.45) is -8.09. The highest BCUT2D eigenvalue weighted by molar-refractivity contribution is 6.72. The third kappa shape index (κ3) is 6.93. The van der Waals surface area contributed by atoms with Crippen LogP contribution in [0.5, 0.6) is 0 Å². The minimum Gasteiger partial charge on any atom is -0.469 e. The van der Waals surface area contributed by atoms with Crippen LogP contribution in [0.25, 0.3) is 0 Å². The van der Waals surface area contributed by atoms with E-state index in [4.69, 9.17) is 14.2 Å². The van der Waals surface area contributed by atoms with Crippen LogP contribution < -0.4 is 10.2 Å². The maximum atomic E-state index is 16.3. The Morgan fingerprint density at radius 1 is 1.12 bits per heavy atom. The van der Waals surface area contributed by atoms with Gasteiger partial charge in [0.15, 0.2) is 18.0 Å². The van der Waals surface area contributed by atoms with Crippen molar-refractivity contribution < 1.29 is 63.0 Å². The summed E-state index contributed by atoms with van der Waals surface area (Å²) >= 11 is 0. The van der Waals surface area contributed by atoms with Crippen LogP contribution in [0.3, 0.4) is 0 Å². The molecule has 50 heavy (non-hydrogen) atoms. The number of halogens is 1. The van der Waals surface area contributed by atoms with E-state index in [9.17, 15) is 44.7 Å². The Morgan fingerprint density at radius 2 is 1.84 bits per heavy atom. The maximum absolute atomic E-state index is 16.3. The molecule has 3 amide bonds. The topological polar surface area (TPSA) is 216 Å². The number of aliphatic hydroxyl groups is 5. The van der Waals surface area contributed by atoms with E-state index in [0.717, 1.165) is 6.42 Å². The summed E-state index contributed by atoms with van der Waals surface area (Å²) in [6, 6.07) is 4.24. The number of unbranched alkanes of at least 4 members (excludes halogenated alkanes) is 1. The standard InChI is InChI=1S/C33H48FN3O12Si/c1-17-29(50(3,4)34)22(15-23(39)36-13-7-8-19(36)16-38)49-33(17)20-14-18(35-30(44)28-26(42)25(41)27(43)31(45)48-28)10-11-21(20)37(32(33)46)12-6-5-9-24(40)47-2/h10-11,14,17,19,22,25-29,31,38,41-43,45H,5-9,12-13,15-16H2,1-4H3,(H,35,44)/t17-,19+,22+,25+,26+,27-,28+,29-,31-,33+/m1/s1. The minimum absolute atomic E-state index is 0.130. The number of amides is 3. The molecule has 3 saturated heterocycles. The molecule has 1 spiro atoms. The summed E-state index contributed by atoms with van der Waals surface area (Å²) in [5.74, 6) is -2.88. The lowest BCUT2D eigenvalue weighted by Gasteiger charge is -2.37. The lowest BCUT2D eigenvalue weighted by atomic mass is 9.82. The van der Waals surface area contributed by atoms with Crippen molar-refractivity contribution in [2.75, 3.05) is 37.0 Å². The van der Waals surface area contributed by atoms with Crippen LogP contribution in [0.4, 0.5) is 15.5 Å². The number of nitrogens with one attached hydrogen (secondary N) is 1. The van der Waals surface area contributed by atoms with Gasteiger partial charge in [-0.1, -0.05) is 6.92 Å². The smallest absolute Gasteiger partial charge is 0.305 e. The Balaban J connectivity index is 1.49. The maximum Gasteiger partial charge on any atom is 0.305 e. The Hall–Kier alpha value is -3.03. The van der Waals surface area contributed by atoms with Gasteiger partial charge in [-0.2, -0.15) is 0 Å². The van der Waals surface area contributed by atoms with Crippen molar-refractivity contribution in [2.45, 2.75) is 113 Å². The first-order chi connectivity index (χ1) is 23.6. The Labute approximate surface area is 290 Å². The Morgan fingerprint density at radius 3 is 2.50 bits per heavy atom. The van der Waals surface area contributed by atoms with Crippen molar-refractivity contribution in [1.29, 1.82) is 0 Å². The average molecular weight is 726 g/mol. The fourth-order valence-electron chi connectivity index (χ4n) is 8.12. The lowest BCUT2D eigenvalue weighted by molar-refractivity contribution is -0.274. The van der Waals surface area contributed by atoms with Gasteiger partial charge in [0.25, 0.3) is 11.8 Å². The number of ether oxygens (including phenoxy) is 3. The zero-order valence-corrected chi connectivity index (χ0v) is 29.7. The predicted octanol–water partition coefficient (Wildman–Crippen LogP) is 0.263. The van der Waals surface area contributed by atoms with Gasteiger partial charge in [0.05, 0.1) is 38.0 Å². The normalized spacial score (nSPS) is 34.0. The van der Waals surface area contributed by atoms with Crippen LogP contribution in [0, 0.1) is 5.92 Å². The number of carbonyl (C=O) groups is 4. The number of methoxy groups -OCH3 is 1. The van der Waals surface area contributed by atoms with Crippen molar-refractivity contribution in [3.63, 3.8) is 0 Å². The number of hydrogen-bond acceptors (Lipinski definition) is 12. The number of benzene rings is 1. The molecule has 278 valence electrons. The van der Waals surface area contributed by atoms with E-state index < -0.39 is 80.1 Å². The van der Waals surface area contributed by atoms with E-state index in [0.29, 0.717) is 37.1 Å². The highest BCUT2D eigenvalue weighted by Gasteiger charge is 2.67. The molecule has 4 aliphatic rings. The molecular formula is C33H48FN3O12Si. The van der Waals surface area contributed by atoms with Crippen molar-refractivity contribution in [3.05, 3.63) is 23.8 Å². The minimum atomic E-state index is -3.63. The summed E-state index contributed by atoms with van der Waals surface area (Å²) in [5, 5.41) is 52.6. The molecule has 0 aliphatic carbocycles. The number of anilines is 2. The fraction of sp³-hybridized carbons (Fsp3) is 0.697. The summed E-state index contributed by atoms with van der Waals surface area (Å²) in [6.45, 7) is 5.19. The molecule has 4 aliphatic heterocycles. The number of esters is 1. The van der Waals surface area contributed by atoms with Crippen molar-refractivity contribution >= 4 is 43.5 Å². The van der Waals surface area contributed by atoms with E-state index in [-0.39, 0.29) is 43.6 Å². The summed E-state index contributed by atoms with van der Waals surface area (Å²) in [4.78, 5) is 56.2. The second-order valence-corrected chi connectivity index (χ2v) is 18.0.